The number of hydrogen-bond donors (Lipinski definition) is 2. The molecule has 146 valence electrons. The summed E-state index contributed by atoms with van der Waals surface area (Å²) in [6.07, 6.45) is 1.57. The van der Waals surface area contributed by atoms with Gasteiger partial charge in [0.2, 0.25) is 0 Å². The molecule has 1 aliphatic carbocycles. The van der Waals surface area contributed by atoms with Gasteiger partial charge in [-0.3, -0.25) is 0 Å². The molecule has 3 aliphatic rings. The van der Waals surface area contributed by atoms with E-state index < -0.39 is 17.5 Å². The van der Waals surface area contributed by atoms with E-state index in [1.165, 1.54) is 12.1 Å². The van der Waals surface area contributed by atoms with Crippen LogP contribution in [0.25, 0.3) is 11.1 Å². The van der Waals surface area contributed by atoms with Crippen LogP contribution in [-0.2, 0) is 10.3 Å². The maximum absolute atomic E-state index is 13.9. The molecular formula is C21H20ClFN2O3. The average Bonchev–Trinajstić information content (AvgIpc) is 3.04. The van der Waals surface area contributed by atoms with Gasteiger partial charge in [-0.05, 0) is 60.7 Å². The van der Waals surface area contributed by atoms with Gasteiger partial charge in [-0.2, -0.15) is 0 Å². The minimum atomic E-state index is -0.711. The van der Waals surface area contributed by atoms with Crippen molar-refractivity contribution in [1.82, 2.24) is 0 Å². The Morgan fingerprint density at radius 1 is 1.18 bits per heavy atom. The van der Waals surface area contributed by atoms with Gasteiger partial charge in [0.25, 0.3) is 6.02 Å². The summed E-state index contributed by atoms with van der Waals surface area (Å²) in [6, 6.07) is 10.3. The van der Waals surface area contributed by atoms with E-state index in [1.54, 1.807) is 6.07 Å². The Morgan fingerprint density at radius 3 is 2.79 bits per heavy atom. The molecule has 0 radical (unpaired) electrons. The average molecular weight is 403 g/mol. The Balaban J connectivity index is 1.67. The highest BCUT2D eigenvalue weighted by atomic mass is 35.5. The topological polar surface area (TPSA) is 77.1 Å². The third-order valence-electron chi connectivity index (χ3n) is 6.04. The predicted octanol–water partition coefficient (Wildman–Crippen LogP) is 3.61. The smallest absolute Gasteiger partial charge is 0.283 e. The lowest BCUT2D eigenvalue weighted by atomic mass is 9.67. The predicted molar refractivity (Wildman–Crippen MR) is 104 cm³/mol. The van der Waals surface area contributed by atoms with Gasteiger partial charge in [0.15, 0.2) is 0 Å². The molecule has 3 unspecified atom stereocenters. The number of halogens is 2. The fourth-order valence-corrected chi connectivity index (χ4v) is 4.99. The molecule has 1 saturated carbocycles. The van der Waals surface area contributed by atoms with Gasteiger partial charge in [0.05, 0.1) is 6.10 Å². The normalized spacial score (nSPS) is 30.8. The van der Waals surface area contributed by atoms with Crippen molar-refractivity contribution in [3.8, 4) is 16.9 Å². The standard InChI is InChI=1S/C21H20ClFN2O3/c22-13-5-12(6-14(23)8-13)11-1-3-18-16(7-11)21(10-27-20(24)25-21)17-9-15(26)2-4-19(17)28-18/h1,3,5-8,15,17,19,26H,2,4,9-10H2,(H2,24,25)/t15?,17-,19?,21?/m1/s1. The molecule has 2 aromatic rings. The first kappa shape index (κ1) is 17.8. The molecule has 1 spiro atoms. The number of ether oxygens (including phenoxy) is 2. The van der Waals surface area contributed by atoms with Gasteiger partial charge in [0.1, 0.15) is 29.8 Å². The van der Waals surface area contributed by atoms with Crippen molar-refractivity contribution < 1.29 is 19.0 Å². The van der Waals surface area contributed by atoms with Gasteiger partial charge < -0.3 is 20.3 Å². The number of fused-ring (bicyclic) bond motifs is 4. The van der Waals surface area contributed by atoms with Crippen LogP contribution in [0.3, 0.4) is 0 Å². The van der Waals surface area contributed by atoms with Crippen molar-refractivity contribution in [2.45, 2.75) is 37.0 Å². The molecule has 5 nitrogen and oxygen atoms in total. The summed E-state index contributed by atoms with van der Waals surface area (Å²) >= 11 is 6.04. The quantitative estimate of drug-likeness (QED) is 0.764. The molecule has 0 amide bonds. The van der Waals surface area contributed by atoms with E-state index in [4.69, 9.17) is 31.8 Å². The highest BCUT2D eigenvalue weighted by molar-refractivity contribution is 6.30. The van der Waals surface area contributed by atoms with E-state index in [0.717, 1.165) is 23.3 Å². The number of aliphatic hydroxyl groups is 1. The van der Waals surface area contributed by atoms with Crippen LogP contribution in [0.4, 0.5) is 4.39 Å². The lowest BCUT2D eigenvalue weighted by Crippen LogP contribution is -2.51. The van der Waals surface area contributed by atoms with Crippen LogP contribution < -0.4 is 10.5 Å². The highest BCUT2D eigenvalue weighted by Crippen LogP contribution is 2.53. The second-order valence-electron chi connectivity index (χ2n) is 7.76. The summed E-state index contributed by atoms with van der Waals surface area (Å²) in [7, 11) is 0. The van der Waals surface area contributed by atoms with E-state index in [-0.39, 0.29) is 18.0 Å². The van der Waals surface area contributed by atoms with Crippen molar-refractivity contribution in [2.24, 2.45) is 16.6 Å². The van der Waals surface area contributed by atoms with Crippen molar-refractivity contribution >= 4 is 17.6 Å². The molecule has 4 atom stereocenters. The summed E-state index contributed by atoms with van der Waals surface area (Å²) in [4.78, 5) is 4.69. The van der Waals surface area contributed by atoms with E-state index in [2.05, 4.69) is 0 Å². The number of amidine groups is 1. The zero-order valence-electron chi connectivity index (χ0n) is 15.1. The molecule has 1 fully saturated rings. The summed E-state index contributed by atoms with van der Waals surface area (Å²) in [5.74, 6) is 0.287. The van der Waals surface area contributed by atoms with Crippen molar-refractivity contribution in [3.05, 3.63) is 52.8 Å². The third kappa shape index (κ3) is 2.74. The largest absolute Gasteiger partial charge is 0.490 e. The second kappa shape index (κ2) is 6.36. The lowest BCUT2D eigenvalue weighted by molar-refractivity contribution is -0.0359. The fraction of sp³-hybridized carbons (Fsp3) is 0.381. The van der Waals surface area contributed by atoms with Crippen LogP contribution in [0.15, 0.2) is 41.4 Å². The number of nitrogens with two attached hydrogens (primary N) is 1. The first-order valence-corrected chi connectivity index (χ1v) is 9.76. The van der Waals surface area contributed by atoms with Crippen molar-refractivity contribution in [1.29, 1.82) is 0 Å². The van der Waals surface area contributed by atoms with Gasteiger partial charge in [0, 0.05) is 16.5 Å². The number of nitrogens with zero attached hydrogens (tertiary/aromatic N) is 1. The summed E-state index contributed by atoms with van der Waals surface area (Å²) in [5.41, 5.74) is 7.51. The van der Waals surface area contributed by atoms with E-state index >= 15 is 0 Å². The van der Waals surface area contributed by atoms with Gasteiger partial charge in [-0.25, -0.2) is 9.38 Å². The first-order chi connectivity index (χ1) is 13.4. The molecule has 2 heterocycles. The van der Waals surface area contributed by atoms with Crippen LogP contribution in [0.5, 0.6) is 5.75 Å². The van der Waals surface area contributed by atoms with Crippen molar-refractivity contribution in [2.75, 3.05) is 6.61 Å². The van der Waals surface area contributed by atoms with Crippen LogP contribution in [0.2, 0.25) is 5.02 Å². The fourth-order valence-electron chi connectivity index (χ4n) is 4.77. The number of rotatable bonds is 1. The Morgan fingerprint density at radius 2 is 2.04 bits per heavy atom. The van der Waals surface area contributed by atoms with Crippen LogP contribution in [0.1, 0.15) is 24.8 Å². The van der Waals surface area contributed by atoms with Crippen molar-refractivity contribution in [3.63, 3.8) is 0 Å². The zero-order chi connectivity index (χ0) is 19.5. The van der Waals surface area contributed by atoms with Gasteiger partial charge in [-0.1, -0.05) is 17.7 Å². The number of aliphatic hydroxyl groups excluding tert-OH is 1. The van der Waals surface area contributed by atoms with Crippen LogP contribution in [0, 0.1) is 11.7 Å². The molecule has 3 N–H and O–H groups in total. The molecule has 5 rings (SSSR count). The highest BCUT2D eigenvalue weighted by Gasteiger charge is 2.55. The van der Waals surface area contributed by atoms with Crippen LogP contribution >= 0.6 is 11.6 Å². The van der Waals surface area contributed by atoms with E-state index in [0.29, 0.717) is 30.0 Å². The molecule has 7 heteroatoms. The summed E-state index contributed by atoms with van der Waals surface area (Å²) in [5, 5.41) is 10.6. The molecular weight excluding hydrogens is 383 g/mol. The first-order valence-electron chi connectivity index (χ1n) is 9.38. The minimum absolute atomic E-state index is 0.0452. The maximum atomic E-state index is 13.9. The number of hydrogen-bond acceptors (Lipinski definition) is 5. The molecule has 2 aromatic carbocycles. The molecule has 28 heavy (non-hydrogen) atoms. The monoisotopic (exact) mass is 402 g/mol. The minimum Gasteiger partial charge on any atom is -0.490 e. The number of benzene rings is 2. The number of aliphatic imine (C=N–C) groups is 1. The van der Waals surface area contributed by atoms with E-state index in [9.17, 15) is 9.50 Å². The molecule has 0 aromatic heterocycles. The molecule has 0 saturated heterocycles. The summed E-state index contributed by atoms with van der Waals surface area (Å²) in [6.45, 7) is 0.302. The van der Waals surface area contributed by atoms with E-state index in [1.807, 2.05) is 18.2 Å². The molecule has 0 bridgehead atoms. The SMILES string of the molecule is NC1=NC2(CO1)c1cc(-c3cc(F)cc(Cl)c3)ccc1OC1CCC(O)C[C@H]12. The Kier molecular flexibility index (Phi) is 4.03. The second-order valence-corrected chi connectivity index (χ2v) is 8.20. The van der Waals surface area contributed by atoms with Crippen LogP contribution in [-0.4, -0.2) is 29.9 Å². The zero-order valence-corrected chi connectivity index (χ0v) is 15.8. The Labute approximate surface area is 166 Å². The Bertz CT molecular complexity index is 962. The lowest BCUT2D eigenvalue weighted by Gasteiger charge is -2.47. The maximum Gasteiger partial charge on any atom is 0.283 e. The molecule has 2 aliphatic heterocycles. The third-order valence-corrected chi connectivity index (χ3v) is 6.26. The summed E-state index contributed by atoms with van der Waals surface area (Å²) < 4.78 is 25.7. The van der Waals surface area contributed by atoms with Gasteiger partial charge >= 0.3 is 0 Å². The van der Waals surface area contributed by atoms with Gasteiger partial charge in [-0.15, -0.1) is 0 Å². The Hall–Kier alpha value is -2.31.